The maximum absolute atomic E-state index is 13.7. The summed E-state index contributed by atoms with van der Waals surface area (Å²) in [5, 5.41) is 6.87. The molecule has 0 spiro atoms. The topological polar surface area (TPSA) is 67.9 Å². The summed E-state index contributed by atoms with van der Waals surface area (Å²) >= 11 is 0. The molecule has 0 aliphatic rings. The van der Waals surface area contributed by atoms with Gasteiger partial charge in [-0.05, 0) is 19.1 Å². The third kappa shape index (κ3) is 2.30. The first-order chi connectivity index (χ1) is 8.22. The van der Waals surface area contributed by atoms with Crippen LogP contribution in [-0.2, 0) is 9.53 Å². The Kier molecular flexibility index (Phi) is 3.13. The first kappa shape index (κ1) is 11.3. The number of carbonyl (C=O) groups is 1. The summed E-state index contributed by atoms with van der Waals surface area (Å²) in [6, 6.07) is 3.33. The van der Waals surface area contributed by atoms with Gasteiger partial charge in [0.1, 0.15) is 5.69 Å². The molecule has 2 rings (SSSR count). The molecule has 2 aromatic heterocycles. The molecule has 0 amide bonds. The van der Waals surface area contributed by atoms with Crippen LogP contribution in [0.4, 0.5) is 4.39 Å². The lowest BCUT2D eigenvalue weighted by Crippen LogP contribution is -2.00. The van der Waals surface area contributed by atoms with E-state index in [1.807, 2.05) is 0 Å². The second-order valence-corrected chi connectivity index (χ2v) is 3.22. The number of nitrogens with one attached hydrogen (secondary N) is 1. The first-order valence-corrected chi connectivity index (χ1v) is 5.05. The van der Waals surface area contributed by atoms with Crippen LogP contribution < -0.4 is 0 Å². The third-order valence-corrected chi connectivity index (χ3v) is 2.09. The van der Waals surface area contributed by atoms with E-state index in [9.17, 15) is 9.18 Å². The number of hydrogen-bond donors (Lipinski definition) is 1. The molecule has 0 aromatic carbocycles. The molecular weight excluding hydrogens is 225 g/mol. The van der Waals surface area contributed by atoms with Gasteiger partial charge >= 0.3 is 5.97 Å². The Morgan fingerprint density at radius 2 is 2.47 bits per heavy atom. The third-order valence-electron chi connectivity index (χ3n) is 2.09. The molecule has 2 aromatic rings. The van der Waals surface area contributed by atoms with Crippen LogP contribution in [0.2, 0.25) is 0 Å². The van der Waals surface area contributed by atoms with Gasteiger partial charge in [0.05, 0.1) is 12.7 Å². The molecular formula is C11H10FN3O2. The van der Waals surface area contributed by atoms with Crippen molar-refractivity contribution in [3.8, 4) is 0 Å². The van der Waals surface area contributed by atoms with Gasteiger partial charge in [-0.2, -0.15) is 5.10 Å². The summed E-state index contributed by atoms with van der Waals surface area (Å²) in [6.45, 7) is 1.85. The van der Waals surface area contributed by atoms with Crippen molar-refractivity contribution in [3.05, 3.63) is 30.1 Å². The minimum atomic E-state index is -0.747. The number of esters is 1. The summed E-state index contributed by atoms with van der Waals surface area (Å²) in [6.07, 6.45) is 2.34. The van der Waals surface area contributed by atoms with Gasteiger partial charge in [-0.1, -0.05) is 0 Å². The quantitative estimate of drug-likeness (QED) is 0.651. The van der Waals surface area contributed by atoms with Crippen LogP contribution in [0.25, 0.3) is 16.9 Å². The fourth-order valence-electron chi connectivity index (χ4n) is 1.39. The van der Waals surface area contributed by atoms with Crippen molar-refractivity contribution >= 4 is 22.8 Å². The number of ether oxygens (including phenoxy) is 1. The van der Waals surface area contributed by atoms with Gasteiger partial charge in [-0.3, -0.25) is 5.10 Å². The molecule has 2 heterocycles. The van der Waals surface area contributed by atoms with Crippen molar-refractivity contribution < 1.29 is 13.9 Å². The predicted octanol–water partition coefficient (Wildman–Crippen LogP) is 1.83. The number of hydrogen-bond acceptors (Lipinski definition) is 4. The normalized spacial score (nSPS) is 11.8. The molecule has 0 radical (unpaired) electrons. The van der Waals surface area contributed by atoms with E-state index in [-0.39, 0.29) is 12.3 Å². The minimum absolute atomic E-state index is 0.0566. The van der Waals surface area contributed by atoms with Gasteiger partial charge in [0.25, 0.3) is 0 Å². The largest absolute Gasteiger partial charge is 0.463 e. The van der Waals surface area contributed by atoms with Crippen LogP contribution in [0, 0.1) is 0 Å². The second-order valence-electron chi connectivity index (χ2n) is 3.22. The molecule has 0 bridgehead atoms. The molecule has 6 heteroatoms. The molecule has 0 saturated carbocycles. The number of H-pyrrole nitrogens is 1. The van der Waals surface area contributed by atoms with Crippen LogP contribution in [0.1, 0.15) is 12.6 Å². The number of aromatic nitrogens is 3. The number of aromatic amines is 1. The highest BCUT2D eigenvalue weighted by molar-refractivity contribution is 5.94. The highest BCUT2D eigenvalue weighted by Crippen LogP contribution is 2.21. The summed E-state index contributed by atoms with van der Waals surface area (Å²) in [4.78, 5) is 15.1. The van der Waals surface area contributed by atoms with Crippen molar-refractivity contribution in [1.29, 1.82) is 0 Å². The zero-order valence-corrected chi connectivity index (χ0v) is 9.11. The van der Waals surface area contributed by atoms with Crippen LogP contribution in [0.3, 0.4) is 0 Å². The van der Waals surface area contributed by atoms with E-state index in [2.05, 4.69) is 19.9 Å². The zero-order valence-electron chi connectivity index (χ0n) is 9.11. The molecule has 17 heavy (non-hydrogen) atoms. The van der Waals surface area contributed by atoms with Gasteiger partial charge in [0.15, 0.2) is 11.5 Å². The number of rotatable bonds is 3. The Labute approximate surface area is 96.3 Å². The molecule has 0 saturated heterocycles. The van der Waals surface area contributed by atoms with E-state index in [1.54, 1.807) is 25.3 Å². The summed E-state index contributed by atoms with van der Waals surface area (Å²) in [7, 11) is 0. The monoisotopic (exact) mass is 235 g/mol. The number of pyridine rings is 1. The minimum Gasteiger partial charge on any atom is -0.463 e. The standard InChI is InChI=1S/C11H10FN3O2/c1-2-17-9(16)6-8(12)10-7-4-3-5-13-11(7)15-14-10/h3-6H,2H2,1H3,(H,13,14,15)/b8-6-. The molecule has 0 unspecified atom stereocenters. The predicted molar refractivity (Wildman–Crippen MR) is 59.6 cm³/mol. The van der Waals surface area contributed by atoms with Gasteiger partial charge in [0, 0.05) is 11.6 Å². The lowest BCUT2D eigenvalue weighted by atomic mass is 10.2. The van der Waals surface area contributed by atoms with Crippen molar-refractivity contribution in [2.75, 3.05) is 6.61 Å². The lowest BCUT2D eigenvalue weighted by molar-refractivity contribution is -0.137. The zero-order chi connectivity index (χ0) is 12.3. The van der Waals surface area contributed by atoms with Gasteiger partial charge < -0.3 is 4.74 Å². The highest BCUT2D eigenvalue weighted by atomic mass is 19.1. The SMILES string of the molecule is CCOC(=O)/C=C(\F)c1n[nH]c2ncccc12. The molecule has 1 N–H and O–H groups in total. The highest BCUT2D eigenvalue weighted by Gasteiger charge is 2.12. The Morgan fingerprint density at radius 3 is 3.24 bits per heavy atom. The fraction of sp³-hybridized carbons (Fsp3) is 0.182. The van der Waals surface area contributed by atoms with E-state index in [0.29, 0.717) is 11.0 Å². The maximum atomic E-state index is 13.7. The Balaban J connectivity index is 2.36. The van der Waals surface area contributed by atoms with Gasteiger partial charge in [-0.25, -0.2) is 14.2 Å². The fourth-order valence-corrected chi connectivity index (χ4v) is 1.39. The molecule has 0 atom stereocenters. The van der Waals surface area contributed by atoms with Crippen molar-refractivity contribution in [2.45, 2.75) is 6.92 Å². The summed E-state index contributed by atoms with van der Waals surface area (Å²) in [5.74, 6) is -1.48. The van der Waals surface area contributed by atoms with Crippen LogP contribution in [0.15, 0.2) is 24.4 Å². The number of nitrogens with zero attached hydrogens (tertiary/aromatic N) is 2. The van der Waals surface area contributed by atoms with E-state index in [1.165, 1.54) is 0 Å². The Hall–Kier alpha value is -2.24. The van der Waals surface area contributed by atoms with Crippen molar-refractivity contribution in [2.24, 2.45) is 0 Å². The number of carbonyl (C=O) groups excluding carboxylic acids is 1. The van der Waals surface area contributed by atoms with E-state index >= 15 is 0 Å². The van der Waals surface area contributed by atoms with Crippen LogP contribution >= 0.6 is 0 Å². The number of fused-ring (bicyclic) bond motifs is 1. The van der Waals surface area contributed by atoms with Crippen LogP contribution in [0.5, 0.6) is 0 Å². The van der Waals surface area contributed by atoms with Crippen molar-refractivity contribution in [1.82, 2.24) is 15.2 Å². The molecule has 0 aliphatic heterocycles. The van der Waals surface area contributed by atoms with Crippen molar-refractivity contribution in [3.63, 3.8) is 0 Å². The lowest BCUT2D eigenvalue weighted by Gasteiger charge is -1.96. The Morgan fingerprint density at radius 1 is 1.65 bits per heavy atom. The average Bonchev–Trinajstić information content (AvgIpc) is 2.72. The molecule has 88 valence electrons. The molecule has 5 nitrogen and oxygen atoms in total. The Bertz CT molecular complexity index is 577. The number of halogens is 1. The van der Waals surface area contributed by atoms with Gasteiger partial charge in [0.2, 0.25) is 0 Å². The van der Waals surface area contributed by atoms with E-state index < -0.39 is 11.8 Å². The van der Waals surface area contributed by atoms with E-state index in [4.69, 9.17) is 0 Å². The molecule has 0 aliphatic carbocycles. The first-order valence-electron chi connectivity index (χ1n) is 5.05. The van der Waals surface area contributed by atoms with Crippen LogP contribution in [-0.4, -0.2) is 27.8 Å². The smallest absolute Gasteiger partial charge is 0.333 e. The van der Waals surface area contributed by atoms with E-state index in [0.717, 1.165) is 6.08 Å². The second kappa shape index (κ2) is 4.73. The summed E-state index contributed by atoms with van der Waals surface area (Å²) in [5.41, 5.74) is 0.524. The summed E-state index contributed by atoms with van der Waals surface area (Å²) < 4.78 is 18.3. The molecule has 0 fully saturated rings. The average molecular weight is 235 g/mol. The van der Waals surface area contributed by atoms with Gasteiger partial charge in [-0.15, -0.1) is 0 Å². The maximum Gasteiger partial charge on any atom is 0.333 e.